The molecule has 0 bridgehead atoms. The number of benzene rings is 1. The van der Waals surface area contributed by atoms with Gasteiger partial charge in [0.25, 0.3) is 0 Å². The first-order valence-electron chi connectivity index (χ1n) is 9.10. The average Bonchev–Trinajstić information content (AvgIpc) is 2.84. The summed E-state index contributed by atoms with van der Waals surface area (Å²) in [6.07, 6.45) is 7.04. The molecule has 0 aliphatic carbocycles. The molecular weight excluding hydrogens is 378 g/mol. The van der Waals surface area contributed by atoms with Gasteiger partial charge in [-0.05, 0) is 53.1 Å². The molecule has 0 atom stereocenters. The number of aldehydes is 3. The Bertz CT molecular complexity index is 1050. The normalized spacial score (nSPS) is 10.4. The summed E-state index contributed by atoms with van der Waals surface area (Å²) in [5.41, 5.74) is 6.30. The summed E-state index contributed by atoms with van der Waals surface area (Å²) in [5.74, 6) is 0. The van der Waals surface area contributed by atoms with Gasteiger partial charge in [-0.2, -0.15) is 0 Å². The van der Waals surface area contributed by atoms with Crippen LogP contribution in [0.1, 0.15) is 31.5 Å². The molecule has 0 saturated carbocycles. The van der Waals surface area contributed by atoms with E-state index in [4.69, 9.17) is 0 Å². The summed E-state index contributed by atoms with van der Waals surface area (Å²) in [7, 11) is 0. The molecule has 3 heterocycles. The van der Waals surface area contributed by atoms with Crippen LogP contribution in [0, 0.1) is 0 Å². The molecule has 0 spiro atoms. The van der Waals surface area contributed by atoms with Crippen LogP contribution in [0.4, 0.5) is 0 Å². The first kappa shape index (κ1) is 19.0. The van der Waals surface area contributed by atoms with E-state index in [9.17, 15) is 14.4 Å². The summed E-state index contributed by atoms with van der Waals surface area (Å²) in [5, 5.41) is 0. The van der Waals surface area contributed by atoms with Crippen molar-refractivity contribution in [1.82, 2.24) is 15.0 Å². The molecule has 0 fully saturated rings. The van der Waals surface area contributed by atoms with Crippen LogP contribution in [0.5, 0.6) is 0 Å². The van der Waals surface area contributed by atoms with Gasteiger partial charge >= 0.3 is 0 Å². The van der Waals surface area contributed by atoms with Gasteiger partial charge in [-0.3, -0.25) is 29.3 Å². The number of hydrogen-bond donors (Lipinski definition) is 0. The molecule has 0 N–H and O–H groups in total. The Kier molecular flexibility index (Phi) is 5.30. The molecule has 3 aromatic heterocycles. The molecule has 6 heteroatoms. The third-order valence-corrected chi connectivity index (χ3v) is 4.65. The molecular formula is C24H15N3O3. The fourth-order valence-electron chi connectivity index (χ4n) is 3.06. The van der Waals surface area contributed by atoms with Crippen molar-refractivity contribution in [3.8, 4) is 33.4 Å². The van der Waals surface area contributed by atoms with E-state index in [1.54, 1.807) is 36.8 Å². The van der Waals surface area contributed by atoms with Gasteiger partial charge in [0.1, 0.15) is 17.1 Å². The Morgan fingerprint density at radius 2 is 0.733 bits per heavy atom. The number of hydrogen-bond acceptors (Lipinski definition) is 6. The van der Waals surface area contributed by atoms with Crippen LogP contribution in [0.15, 0.2) is 73.2 Å². The van der Waals surface area contributed by atoms with Gasteiger partial charge in [-0.15, -0.1) is 0 Å². The Morgan fingerprint density at radius 3 is 0.933 bits per heavy atom. The summed E-state index contributed by atoms with van der Waals surface area (Å²) in [6, 6.07) is 16.5. The first-order valence-corrected chi connectivity index (χ1v) is 9.10. The van der Waals surface area contributed by atoms with Crippen LogP contribution in [-0.2, 0) is 0 Å². The zero-order valence-electron chi connectivity index (χ0n) is 15.7. The quantitative estimate of drug-likeness (QED) is 0.454. The summed E-state index contributed by atoms with van der Waals surface area (Å²) >= 11 is 0. The van der Waals surface area contributed by atoms with E-state index in [1.165, 1.54) is 0 Å². The van der Waals surface area contributed by atoms with E-state index < -0.39 is 0 Å². The molecule has 30 heavy (non-hydrogen) atoms. The van der Waals surface area contributed by atoms with Crippen molar-refractivity contribution in [3.05, 3.63) is 90.3 Å². The largest absolute Gasteiger partial charge is 0.296 e. The van der Waals surface area contributed by atoms with Crippen molar-refractivity contribution in [2.75, 3.05) is 0 Å². The van der Waals surface area contributed by atoms with Crippen LogP contribution < -0.4 is 0 Å². The third-order valence-electron chi connectivity index (χ3n) is 4.65. The molecule has 0 radical (unpaired) electrons. The standard InChI is InChI=1S/C24H15N3O3/c28-13-22-4-1-16(10-25-22)19-7-20(17-2-5-23(14-29)26-11-17)9-21(8-19)18-3-6-24(15-30)27-12-18/h1-15H. The number of rotatable bonds is 6. The van der Waals surface area contributed by atoms with Gasteiger partial charge in [0.05, 0.1) is 0 Å². The van der Waals surface area contributed by atoms with E-state index in [-0.39, 0.29) is 0 Å². The Hall–Kier alpha value is -4.32. The fraction of sp³-hybridized carbons (Fsp3) is 0. The SMILES string of the molecule is O=Cc1ccc(-c2cc(-c3ccc(C=O)nc3)cc(-c3ccc(C=O)nc3)c2)cn1. The highest BCUT2D eigenvalue weighted by Gasteiger charge is 2.09. The van der Waals surface area contributed by atoms with Crippen LogP contribution >= 0.6 is 0 Å². The van der Waals surface area contributed by atoms with Crippen LogP contribution in [0.2, 0.25) is 0 Å². The van der Waals surface area contributed by atoms with Crippen molar-refractivity contribution in [1.29, 1.82) is 0 Å². The van der Waals surface area contributed by atoms with Crippen molar-refractivity contribution < 1.29 is 14.4 Å². The molecule has 144 valence electrons. The van der Waals surface area contributed by atoms with E-state index in [1.807, 2.05) is 36.4 Å². The van der Waals surface area contributed by atoms with Crippen molar-refractivity contribution >= 4 is 18.9 Å². The predicted molar refractivity (Wildman–Crippen MR) is 112 cm³/mol. The van der Waals surface area contributed by atoms with E-state index >= 15 is 0 Å². The maximum absolute atomic E-state index is 10.9. The lowest BCUT2D eigenvalue weighted by molar-refractivity contribution is 0.111. The van der Waals surface area contributed by atoms with E-state index in [2.05, 4.69) is 15.0 Å². The third kappa shape index (κ3) is 3.93. The molecule has 0 saturated heterocycles. The Labute approximate surface area is 172 Å². The molecule has 0 amide bonds. The number of carbonyl (C=O) groups is 3. The van der Waals surface area contributed by atoms with Crippen molar-refractivity contribution in [2.24, 2.45) is 0 Å². The molecule has 0 aliphatic rings. The first-order chi connectivity index (χ1) is 14.7. The maximum atomic E-state index is 10.9. The molecule has 4 rings (SSSR count). The van der Waals surface area contributed by atoms with Gasteiger partial charge in [-0.25, -0.2) is 0 Å². The second-order valence-corrected chi connectivity index (χ2v) is 6.57. The van der Waals surface area contributed by atoms with Crippen LogP contribution in [0.25, 0.3) is 33.4 Å². The molecule has 4 aromatic rings. The van der Waals surface area contributed by atoms with Crippen molar-refractivity contribution in [2.45, 2.75) is 0 Å². The number of carbonyl (C=O) groups excluding carboxylic acids is 3. The monoisotopic (exact) mass is 393 g/mol. The maximum Gasteiger partial charge on any atom is 0.168 e. The summed E-state index contributed by atoms with van der Waals surface area (Å²) < 4.78 is 0. The lowest BCUT2D eigenvalue weighted by Gasteiger charge is -2.11. The van der Waals surface area contributed by atoms with Crippen molar-refractivity contribution in [3.63, 3.8) is 0 Å². The highest BCUT2D eigenvalue weighted by Crippen LogP contribution is 2.32. The number of nitrogens with zero attached hydrogens (tertiary/aromatic N) is 3. The van der Waals surface area contributed by atoms with Gasteiger partial charge in [-0.1, -0.05) is 18.2 Å². The highest BCUT2D eigenvalue weighted by molar-refractivity contribution is 5.82. The van der Waals surface area contributed by atoms with Gasteiger partial charge in [0.15, 0.2) is 18.9 Å². The highest BCUT2D eigenvalue weighted by atomic mass is 16.1. The zero-order valence-corrected chi connectivity index (χ0v) is 15.7. The second kappa shape index (κ2) is 8.36. The summed E-state index contributed by atoms with van der Waals surface area (Å²) in [6.45, 7) is 0. The molecule has 0 unspecified atom stereocenters. The number of aromatic nitrogens is 3. The molecule has 0 aliphatic heterocycles. The predicted octanol–water partition coefficient (Wildman–Crippen LogP) is 4.31. The smallest absolute Gasteiger partial charge is 0.168 e. The topological polar surface area (TPSA) is 89.9 Å². The van der Waals surface area contributed by atoms with E-state index in [0.29, 0.717) is 35.9 Å². The Balaban J connectivity index is 1.86. The lowest BCUT2D eigenvalue weighted by Crippen LogP contribution is -1.91. The Morgan fingerprint density at radius 1 is 0.433 bits per heavy atom. The number of pyridine rings is 3. The van der Waals surface area contributed by atoms with Gasteiger partial charge < -0.3 is 0 Å². The molecule has 1 aromatic carbocycles. The second-order valence-electron chi connectivity index (χ2n) is 6.57. The van der Waals surface area contributed by atoms with E-state index in [0.717, 1.165) is 33.4 Å². The fourth-order valence-corrected chi connectivity index (χ4v) is 3.06. The zero-order chi connectivity index (χ0) is 20.9. The minimum atomic E-state index is 0.359. The minimum absolute atomic E-state index is 0.359. The lowest BCUT2D eigenvalue weighted by atomic mass is 9.95. The van der Waals surface area contributed by atoms with Gasteiger partial charge in [0, 0.05) is 35.3 Å². The van der Waals surface area contributed by atoms with Crippen LogP contribution in [-0.4, -0.2) is 33.8 Å². The van der Waals surface area contributed by atoms with Crippen LogP contribution in [0.3, 0.4) is 0 Å². The molecule has 6 nitrogen and oxygen atoms in total. The average molecular weight is 393 g/mol. The van der Waals surface area contributed by atoms with Gasteiger partial charge in [0.2, 0.25) is 0 Å². The summed E-state index contributed by atoms with van der Waals surface area (Å²) in [4.78, 5) is 45.2. The minimum Gasteiger partial charge on any atom is -0.296 e.